The van der Waals surface area contributed by atoms with Crippen molar-refractivity contribution in [2.75, 3.05) is 0 Å². The maximum atomic E-state index is 13.6. The van der Waals surface area contributed by atoms with Crippen LogP contribution in [0.15, 0.2) is 18.2 Å². The fourth-order valence-electron chi connectivity index (χ4n) is 2.19. The van der Waals surface area contributed by atoms with Crippen molar-refractivity contribution in [3.63, 3.8) is 0 Å². The van der Waals surface area contributed by atoms with E-state index in [1.165, 1.54) is 12.1 Å². The van der Waals surface area contributed by atoms with Crippen molar-refractivity contribution in [1.29, 1.82) is 0 Å². The summed E-state index contributed by atoms with van der Waals surface area (Å²) in [4.78, 5) is 0. The average molecular weight is 243 g/mol. The monoisotopic (exact) mass is 242 g/mol. The second-order valence-electron chi connectivity index (χ2n) is 4.64. The number of halogens is 2. The van der Waals surface area contributed by atoms with Crippen molar-refractivity contribution >= 4 is 11.6 Å². The van der Waals surface area contributed by atoms with Gasteiger partial charge in [-0.05, 0) is 48.9 Å². The molecule has 2 rings (SSSR count). The van der Waals surface area contributed by atoms with Crippen LogP contribution in [0.2, 0.25) is 5.02 Å². The second-order valence-corrected chi connectivity index (χ2v) is 5.08. The van der Waals surface area contributed by atoms with Gasteiger partial charge in [0, 0.05) is 11.4 Å². The zero-order valence-corrected chi connectivity index (χ0v) is 10.1. The molecular weight excluding hydrogens is 227 g/mol. The third-order valence-corrected chi connectivity index (χ3v) is 3.69. The lowest BCUT2D eigenvalue weighted by molar-refractivity contribution is 0.0131. The van der Waals surface area contributed by atoms with Crippen molar-refractivity contribution in [2.24, 2.45) is 5.92 Å². The van der Waals surface area contributed by atoms with E-state index in [0.29, 0.717) is 29.3 Å². The summed E-state index contributed by atoms with van der Waals surface area (Å²) in [5, 5.41) is 10.9. The van der Waals surface area contributed by atoms with Crippen LogP contribution in [0, 0.1) is 11.7 Å². The van der Waals surface area contributed by atoms with Crippen molar-refractivity contribution in [2.45, 2.75) is 38.2 Å². The van der Waals surface area contributed by atoms with Gasteiger partial charge in [0.05, 0.1) is 5.60 Å². The predicted octanol–water partition coefficient (Wildman–Crippen LogP) is 3.57. The van der Waals surface area contributed by atoms with Gasteiger partial charge in [-0.1, -0.05) is 18.5 Å². The van der Waals surface area contributed by atoms with Gasteiger partial charge in [-0.25, -0.2) is 4.39 Å². The normalized spacial score (nSPS) is 19.5. The lowest BCUT2D eigenvalue weighted by atomic mass is 9.87. The highest BCUT2D eigenvalue weighted by atomic mass is 35.5. The molecule has 1 nitrogen and oxygen atoms in total. The van der Waals surface area contributed by atoms with Gasteiger partial charge < -0.3 is 5.11 Å². The molecule has 0 aromatic heterocycles. The van der Waals surface area contributed by atoms with E-state index in [4.69, 9.17) is 11.6 Å². The Hall–Kier alpha value is -0.600. The lowest BCUT2D eigenvalue weighted by Crippen LogP contribution is -2.33. The summed E-state index contributed by atoms with van der Waals surface area (Å²) in [7, 11) is 0. The molecule has 1 aromatic carbocycles. The van der Waals surface area contributed by atoms with Crippen LogP contribution in [0.5, 0.6) is 0 Å². The quantitative estimate of drug-likeness (QED) is 0.856. The molecule has 0 heterocycles. The fraction of sp³-hybridized carbons (Fsp3) is 0.538. The van der Waals surface area contributed by atoms with Gasteiger partial charge in [0.25, 0.3) is 0 Å². The minimum atomic E-state index is -0.758. The predicted molar refractivity (Wildman–Crippen MR) is 63.1 cm³/mol. The maximum absolute atomic E-state index is 13.6. The van der Waals surface area contributed by atoms with E-state index in [1.54, 1.807) is 6.07 Å². The zero-order chi connectivity index (χ0) is 11.8. The first-order valence-electron chi connectivity index (χ1n) is 5.71. The molecule has 0 radical (unpaired) electrons. The standard InChI is InChI=1S/C13H16ClFO/c1-2-13(16,10-3-4-10)8-9-7-11(14)5-6-12(9)15/h5-7,10,16H,2-4,8H2,1H3. The van der Waals surface area contributed by atoms with E-state index in [0.717, 1.165) is 12.8 Å². The number of aliphatic hydroxyl groups is 1. The van der Waals surface area contributed by atoms with Gasteiger partial charge in [-0.15, -0.1) is 0 Å². The van der Waals surface area contributed by atoms with Crippen molar-refractivity contribution in [3.8, 4) is 0 Å². The third kappa shape index (κ3) is 2.38. The van der Waals surface area contributed by atoms with E-state index in [9.17, 15) is 9.50 Å². The van der Waals surface area contributed by atoms with Crippen LogP contribution in [-0.2, 0) is 6.42 Å². The topological polar surface area (TPSA) is 20.2 Å². The lowest BCUT2D eigenvalue weighted by Gasteiger charge is -2.27. The smallest absolute Gasteiger partial charge is 0.126 e. The minimum Gasteiger partial charge on any atom is -0.389 e. The van der Waals surface area contributed by atoms with Gasteiger partial charge in [0.2, 0.25) is 0 Å². The van der Waals surface area contributed by atoms with Crippen molar-refractivity contribution in [3.05, 3.63) is 34.6 Å². The Balaban J connectivity index is 2.21. The van der Waals surface area contributed by atoms with Crippen molar-refractivity contribution in [1.82, 2.24) is 0 Å². The van der Waals surface area contributed by atoms with Crippen LogP contribution in [0.3, 0.4) is 0 Å². The summed E-state index contributed by atoms with van der Waals surface area (Å²) in [5.74, 6) is 0.0489. The molecule has 88 valence electrons. The summed E-state index contributed by atoms with van der Waals surface area (Å²) >= 11 is 5.84. The van der Waals surface area contributed by atoms with Crippen molar-refractivity contribution < 1.29 is 9.50 Å². The molecule has 0 amide bonds. The molecule has 1 unspecified atom stereocenters. The molecule has 16 heavy (non-hydrogen) atoms. The Labute approximate surface area is 100 Å². The molecule has 3 heteroatoms. The SMILES string of the molecule is CCC(O)(Cc1cc(Cl)ccc1F)C1CC1. The van der Waals surface area contributed by atoms with Gasteiger partial charge in [0.1, 0.15) is 5.82 Å². The van der Waals surface area contributed by atoms with Crippen LogP contribution in [-0.4, -0.2) is 10.7 Å². The van der Waals surface area contributed by atoms with Gasteiger partial charge in [0.15, 0.2) is 0 Å². The third-order valence-electron chi connectivity index (χ3n) is 3.45. The van der Waals surface area contributed by atoms with E-state index in [1.807, 2.05) is 6.92 Å². The molecule has 0 aliphatic heterocycles. The van der Waals surface area contributed by atoms with E-state index < -0.39 is 5.60 Å². The molecule has 1 N–H and O–H groups in total. The first kappa shape index (κ1) is 11.9. The number of rotatable bonds is 4. The first-order chi connectivity index (χ1) is 7.55. The summed E-state index contributed by atoms with van der Waals surface area (Å²) in [6, 6.07) is 4.50. The average Bonchev–Trinajstić information content (AvgIpc) is 3.07. The number of hydrogen-bond acceptors (Lipinski definition) is 1. The Morgan fingerprint density at radius 1 is 1.50 bits per heavy atom. The number of hydrogen-bond donors (Lipinski definition) is 1. The van der Waals surface area contributed by atoms with Crippen LogP contribution in [0.1, 0.15) is 31.7 Å². The zero-order valence-electron chi connectivity index (χ0n) is 9.34. The number of benzene rings is 1. The molecule has 1 saturated carbocycles. The summed E-state index contributed by atoms with van der Waals surface area (Å²) in [6.07, 6.45) is 3.11. The largest absolute Gasteiger partial charge is 0.389 e. The van der Waals surface area contributed by atoms with Gasteiger partial charge in [-0.3, -0.25) is 0 Å². The Morgan fingerprint density at radius 2 is 2.19 bits per heavy atom. The molecular formula is C13H16ClFO. The highest BCUT2D eigenvalue weighted by molar-refractivity contribution is 6.30. The van der Waals surface area contributed by atoms with E-state index in [-0.39, 0.29) is 5.82 Å². The Bertz CT molecular complexity index is 390. The summed E-state index contributed by atoms with van der Waals surface area (Å²) in [6.45, 7) is 1.95. The molecule has 0 spiro atoms. The highest BCUT2D eigenvalue weighted by Crippen LogP contribution is 2.43. The van der Waals surface area contributed by atoms with E-state index >= 15 is 0 Å². The molecule has 1 aliphatic carbocycles. The van der Waals surface area contributed by atoms with Crippen LogP contribution >= 0.6 is 11.6 Å². The maximum Gasteiger partial charge on any atom is 0.126 e. The minimum absolute atomic E-state index is 0.281. The molecule has 0 saturated heterocycles. The van der Waals surface area contributed by atoms with Crippen LogP contribution in [0.25, 0.3) is 0 Å². The Kier molecular flexibility index (Phi) is 3.22. The molecule has 1 atom stereocenters. The van der Waals surface area contributed by atoms with E-state index in [2.05, 4.69) is 0 Å². The summed E-state index contributed by atoms with van der Waals surface area (Å²) in [5.41, 5.74) is -0.241. The fourth-order valence-corrected chi connectivity index (χ4v) is 2.38. The first-order valence-corrected chi connectivity index (χ1v) is 6.09. The highest BCUT2D eigenvalue weighted by Gasteiger charge is 2.42. The van der Waals surface area contributed by atoms with Gasteiger partial charge >= 0.3 is 0 Å². The Morgan fingerprint density at radius 3 is 2.75 bits per heavy atom. The van der Waals surface area contributed by atoms with Crippen LogP contribution in [0.4, 0.5) is 4.39 Å². The molecule has 1 aromatic rings. The molecule has 1 aliphatic rings. The van der Waals surface area contributed by atoms with Crippen LogP contribution < -0.4 is 0 Å². The molecule has 1 fully saturated rings. The summed E-state index contributed by atoms with van der Waals surface area (Å²) < 4.78 is 13.6. The van der Waals surface area contributed by atoms with Gasteiger partial charge in [-0.2, -0.15) is 0 Å². The molecule has 0 bridgehead atoms. The second kappa shape index (κ2) is 4.34.